The van der Waals surface area contributed by atoms with Crippen LogP contribution in [0.2, 0.25) is 1.41 Å². The Labute approximate surface area is 308 Å². The number of carbonyl (C=O) groups excluding carboxylic acids is 5. The largest absolute Gasteiger partial charge is 0.371 e. The molecule has 2 aromatic carbocycles. The third-order valence-electron chi connectivity index (χ3n) is 11.3. The summed E-state index contributed by atoms with van der Waals surface area (Å²) in [5, 5.41) is 11.8. The number of nitrogens with two attached hydrogens (primary N) is 1. The van der Waals surface area contributed by atoms with Crippen LogP contribution in [-0.2, 0) is 9.59 Å². The molecule has 4 N–H and O–H groups in total. The second-order valence-electron chi connectivity index (χ2n) is 14.8. The third kappa shape index (κ3) is 7.04. The molecule has 8 rings (SSSR count). The van der Waals surface area contributed by atoms with Crippen LogP contribution in [0.25, 0.3) is 0 Å². The zero-order valence-corrected chi connectivity index (χ0v) is 29.6. The van der Waals surface area contributed by atoms with E-state index >= 15 is 0 Å². The van der Waals surface area contributed by atoms with Crippen LogP contribution in [0.4, 0.5) is 23.1 Å². The van der Waals surface area contributed by atoms with Crippen molar-refractivity contribution in [3.05, 3.63) is 64.8 Å². The molecule has 276 valence electrons. The number of benzene rings is 2. The van der Waals surface area contributed by atoms with Gasteiger partial charge >= 0.3 is 0 Å². The first-order valence-corrected chi connectivity index (χ1v) is 18.7. The molecule has 15 nitrogen and oxygen atoms in total. The van der Waals surface area contributed by atoms with E-state index in [1.165, 1.54) is 12.0 Å². The van der Waals surface area contributed by atoms with E-state index in [0.717, 1.165) is 94.2 Å². The highest BCUT2D eigenvalue weighted by molar-refractivity contribution is 6.23. The van der Waals surface area contributed by atoms with Crippen molar-refractivity contribution in [2.75, 3.05) is 60.9 Å². The minimum Gasteiger partial charge on any atom is -0.371 e. The number of piperidine rings is 3. The summed E-state index contributed by atoms with van der Waals surface area (Å²) in [5.41, 5.74) is 9.05. The average Bonchev–Trinajstić information content (AvgIpc) is 3.76. The van der Waals surface area contributed by atoms with Gasteiger partial charge in [0.05, 0.1) is 11.1 Å². The molecular formula is C38H44N10O5. The molecule has 6 heterocycles. The number of primary amides is 1. The van der Waals surface area contributed by atoms with Crippen LogP contribution in [-0.4, -0.2) is 106 Å². The summed E-state index contributed by atoms with van der Waals surface area (Å²) in [4.78, 5) is 75.5. The quantitative estimate of drug-likeness (QED) is 0.275. The van der Waals surface area contributed by atoms with Gasteiger partial charge in [-0.15, -0.1) is 10.2 Å². The van der Waals surface area contributed by atoms with Gasteiger partial charge in [-0.25, -0.2) is 0 Å². The normalized spacial score (nSPS) is 23.1. The Balaban J connectivity index is 0.836. The van der Waals surface area contributed by atoms with Crippen LogP contribution in [0, 0.1) is 5.92 Å². The minimum atomic E-state index is -1.14. The Morgan fingerprint density at radius 2 is 1.62 bits per heavy atom. The Hall–Kier alpha value is -5.44. The molecule has 0 radical (unpaired) electrons. The Bertz CT molecular complexity index is 1980. The van der Waals surface area contributed by atoms with Crippen molar-refractivity contribution >= 4 is 52.7 Å². The maximum atomic E-state index is 13.4. The summed E-state index contributed by atoms with van der Waals surface area (Å²) in [6, 6.07) is 12.4. The number of likely N-dealkylation sites (tertiary alicyclic amines) is 1. The number of nitrogens with zero attached hydrogens (tertiary/aromatic N) is 7. The van der Waals surface area contributed by atoms with Crippen LogP contribution in [0.1, 0.15) is 94.1 Å². The predicted octanol–water partition coefficient (Wildman–Crippen LogP) is 2.81. The van der Waals surface area contributed by atoms with Gasteiger partial charge in [0.1, 0.15) is 6.04 Å². The van der Waals surface area contributed by atoms with Crippen molar-refractivity contribution in [1.29, 1.82) is 0 Å². The molecule has 15 heteroatoms. The first kappa shape index (κ1) is 33.4. The minimum absolute atomic E-state index is 0.0135. The lowest BCUT2D eigenvalue weighted by atomic mass is 9.89. The summed E-state index contributed by atoms with van der Waals surface area (Å²) in [5.74, 6) is -1.55. The van der Waals surface area contributed by atoms with Gasteiger partial charge in [-0.05, 0) is 106 Å². The van der Waals surface area contributed by atoms with Crippen LogP contribution in [0.3, 0.4) is 0 Å². The molecule has 5 aliphatic rings. The Morgan fingerprint density at radius 1 is 0.868 bits per heavy atom. The van der Waals surface area contributed by atoms with E-state index in [2.05, 4.69) is 47.3 Å². The first-order chi connectivity index (χ1) is 26.1. The van der Waals surface area contributed by atoms with E-state index in [1.807, 2.05) is 18.2 Å². The highest BCUT2D eigenvalue weighted by Crippen LogP contribution is 2.34. The van der Waals surface area contributed by atoms with E-state index < -0.39 is 35.6 Å². The van der Waals surface area contributed by atoms with Crippen molar-refractivity contribution in [3.8, 4) is 0 Å². The second-order valence-corrected chi connectivity index (χ2v) is 14.8. The van der Waals surface area contributed by atoms with Gasteiger partial charge in [0.15, 0.2) is 12.9 Å². The fraction of sp³-hybridized carbons (Fsp3) is 0.474. The predicted molar refractivity (Wildman–Crippen MR) is 196 cm³/mol. The van der Waals surface area contributed by atoms with E-state index in [4.69, 9.17) is 7.15 Å². The first-order valence-electron chi connectivity index (χ1n) is 19.1. The molecule has 4 fully saturated rings. The number of hydrogen-bond acceptors (Lipinski definition) is 12. The van der Waals surface area contributed by atoms with E-state index in [0.29, 0.717) is 23.6 Å². The van der Waals surface area contributed by atoms with Crippen molar-refractivity contribution in [3.63, 3.8) is 0 Å². The van der Waals surface area contributed by atoms with Crippen molar-refractivity contribution in [2.24, 2.45) is 11.7 Å². The molecule has 0 aliphatic carbocycles. The number of amides is 5. The molecular weight excluding hydrogens is 676 g/mol. The number of nitrogens with one attached hydrogen (secondary N) is 2. The summed E-state index contributed by atoms with van der Waals surface area (Å²) >= 11 is 0. The smallest absolute Gasteiger partial charge is 0.273 e. The van der Waals surface area contributed by atoms with Gasteiger partial charge in [0.25, 0.3) is 17.7 Å². The third-order valence-corrected chi connectivity index (χ3v) is 11.3. The van der Waals surface area contributed by atoms with Gasteiger partial charge in [0, 0.05) is 50.5 Å². The molecule has 2 atom stereocenters. The molecule has 0 spiro atoms. The Kier molecular flexibility index (Phi) is 9.16. The van der Waals surface area contributed by atoms with Crippen LogP contribution in [0.15, 0.2) is 42.5 Å². The molecule has 1 aromatic heterocycles. The summed E-state index contributed by atoms with van der Waals surface area (Å²) < 4.78 is 7.72. The number of aromatic nitrogens is 3. The fourth-order valence-electron chi connectivity index (χ4n) is 8.41. The lowest BCUT2D eigenvalue weighted by Gasteiger charge is -2.34. The lowest BCUT2D eigenvalue weighted by Crippen LogP contribution is -2.54. The van der Waals surface area contributed by atoms with Gasteiger partial charge < -0.3 is 25.8 Å². The summed E-state index contributed by atoms with van der Waals surface area (Å²) in [7, 11) is 0. The van der Waals surface area contributed by atoms with E-state index in [-0.39, 0.29) is 35.0 Å². The van der Waals surface area contributed by atoms with Crippen LogP contribution >= 0.6 is 0 Å². The van der Waals surface area contributed by atoms with Gasteiger partial charge in [-0.3, -0.25) is 34.2 Å². The van der Waals surface area contributed by atoms with E-state index in [9.17, 15) is 24.0 Å². The van der Waals surface area contributed by atoms with E-state index in [1.54, 1.807) is 12.1 Å². The average molecular weight is 722 g/mol. The van der Waals surface area contributed by atoms with Crippen molar-refractivity contribution in [2.45, 2.75) is 63.3 Å². The maximum Gasteiger partial charge on any atom is 0.273 e. The highest BCUT2D eigenvalue weighted by Gasteiger charge is 2.45. The maximum absolute atomic E-state index is 13.4. The molecule has 5 aliphatic heterocycles. The molecule has 0 bridgehead atoms. The summed E-state index contributed by atoms with van der Waals surface area (Å²) in [6.07, 6.45) is 6.41. The number of hydrogen-bond donors (Lipinski definition) is 3. The van der Waals surface area contributed by atoms with Gasteiger partial charge in [-0.2, -0.15) is 4.98 Å². The van der Waals surface area contributed by atoms with Gasteiger partial charge in [0.2, 0.25) is 17.8 Å². The number of fused-ring (bicyclic) bond motifs is 1. The molecule has 5 amide bonds. The summed E-state index contributed by atoms with van der Waals surface area (Å²) in [6.45, 7) is 6.39. The number of imide groups is 2. The second kappa shape index (κ2) is 14.5. The molecule has 0 saturated carbocycles. The van der Waals surface area contributed by atoms with Crippen LogP contribution in [0.5, 0.6) is 0 Å². The number of carbonyl (C=O) groups is 5. The standard InChI is InChI=1S/C38H44N10O5/c39-33(50)32-34(42-38(44-43-32)46-15-2-1-3-16-46)40-26-6-4-24(5-7-26)25-13-17-45(18-14-25)21-23-12-19-47(22-23)27-8-9-28-29(20-27)37(53)48(36(28)52)30-10-11-31(49)41-35(30)51/h4-9,20,23,25,30H,1-3,10-19,21-22H2,(H2,39,50)(H,40,42,44)(H,41,49,51)/i/hD. The topological polar surface area (TPSA) is 187 Å². The zero-order valence-electron chi connectivity index (χ0n) is 30.6. The number of anilines is 4. The highest BCUT2D eigenvalue weighted by atomic mass is 16.2. The molecule has 3 aromatic rings. The monoisotopic (exact) mass is 721 g/mol. The fourth-order valence-corrected chi connectivity index (χ4v) is 8.41. The molecule has 53 heavy (non-hydrogen) atoms. The Morgan fingerprint density at radius 3 is 2.38 bits per heavy atom. The van der Waals surface area contributed by atoms with Gasteiger partial charge in [-0.1, -0.05) is 12.1 Å². The SMILES string of the molecule is [2H]N1C(=O)CCC(N2C(=O)c3ccc(N4CCC(CN5CCC(c6ccc(Nc7nc(N8CCCCC8)nnc7C(N)=O)cc6)CC5)C4)cc3C2=O)C1=O. The molecule has 2 unspecified atom stereocenters. The van der Waals surface area contributed by atoms with Crippen molar-refractivity contribution < 1.29 is 25.4 Å². The van der Waals surface area contributed by atoms with Crippen LogP contribution < -0.4 is 26.2 Å². The number of rotatable bonds is 9. The zero-order chi connectivity index (χ0) is 37.5. The lowest BCUT2D eigenvalue weighted by molar-refractivity contribution is -0.136. The molecule has 4 saturated heterocycles. The van der Waals surface area contributed by atoms with Crippen molar-refractivity contribution in [1.82, 2.24) is 30.3 Å².